The lowest BCUT2D eigenvalue weighted by Crippen LogP contribution is -2.42. The van der Waals surface area contributed by atoms with Crippen molar-refractivity contribution in [3.8, 4) is 5.75 Å². The van der Waals surface area contributed by atoms with E-state index in [1.165, 1.54) is 4.31 Å². The maximum absolute atomic E-state index is 13.5. The van der Waals surface area contributed by atoms with Gasteiger partial charge in [0.2, 0.25) is 10.0 Å². The summed E-state index contributed by atoms with van der Waals surface area (Å²) in [5.74, 6) is 0.676. The van der Waals surface area contributed by atoms with Crippen LogP contribution in [0.5, 0.6) is 5.75 Å². The van der Waals surface area contributed by atoms with E-state index in [0.717, 1.165) is 11.1 Å². The van der Waals surface area contributed by atoms with Crippen molar-refractivity contribution in [2.75, 3.05) is 11.9 Å². The van der Waals surface area contributed by atoms with Crippen molar-refractivity contribution in [3.63, 3.8) is 0 Å². The Morgan fingerprint density at radius 2 is 1.61 bits per heavy atom. The second kappa shape index (κ2) is 7.66. The highest BCUT2D eigenvalue weighted by Crippen LogP contribution is 2.41. The molecule has 1 aliphatic rings. The fourth-order valence-electron chi connectivity index (χ4n) is 3.46. The first kappa shape index (κ1) is 18.5. The van der Waals surface area contributed by atoms with Crippen LogP contribution in [-0.4, -0.2) is 19.3 Å². The monoisotopic (exact) mass is 394 g/mol. The summed E-state index contributed by atoms with van der Waals surface area (Å²) in [6.45, 7) is 2.68. The molecule has 0 unspecified atom stereocenters. The molecule has 0 spiro atoms. The highest BCUT2D eigenvalue weighted by Gasteiger charge is 2.39. The molecule has 0 amide bonds. The first-order valence-electron chi connectivity index (χ1n) is 9.24. The molecule has 1 heterocycles. The zero-order chi connectivity index (χ0) is 19.6. The van der Waals surface area contributed by atoms with E-state index in [9.17, 15) is 8.42 Å². The molecule has 0 bridgehead atoms. The molecule has 0 saturated heterocycles. The van der Waals surface area contributed by atoms with Gasteiger partial charge in [0, 0.05) is 12.1 Å². The molecule has 6 heteroatoms. The Hall–Kier alpha value is -2.83. The molecule has 144 valence electrons. The minimum absolute atomic E-state index is 0.260. The minimum atomic E-state index is -3.69. The first-order chi connectivity index (χ1) is 13.6. The maximum Gasteiger partial charge on any atom is 0.247 e. The zero-order valence-corrected chi connectivity index (χ0v) is 16.4. The van der Waals surface area contributed by atoms with E-state index in [4.69, 9.17) is 4.74 Å². The second-order valence-corrected chi connectivity index (χ2v) is 8.41. The minimum Gasteiger partial charge on any atom is -0.493 e. The van der Waals surface area contributed by atoms with Crippen molar-refractivity contribution in [2.24, 2.45) is 0 Å². The van der Waals surface area contributed by atoms with E-state index in [1.807, 2.05) is 67.6 Å². The van der Waals surface area contributed by atoms with E-state index in [0.29, 0.717) is 18.0 Å². The van der Waals surface area contributed by atoms with Gasteiger partial charge >= 0.3 is 0 Å². The number of hydrogen-bond acceptors (Lipinski definition) is 4. The van der Waals surface area contributed by atoms with Gasteiger partial charge < -0.3 is 10.1 Å². The lowest BCUT2D eigenvalue weighted by atomic mass is 10.1. The maximum atomic E-state index is 13.5. The van der Waals surface area contributed by atoms with Crippen LogP contribution >= 0.6 is 0 Å². The van der Waals surface area contributed by atoms with E-state index < -0.39 is 16.2 Å². The Balaban J connectivity index is 1.85. The van der Waals surface area contributed by atoms with Gasteiger partial charge in [-0.3, -0.25) is 0 Å². The Kier molecular flexibility index (Phi) is 5.07. The molecule has 0 aromatic heterocycles. The number of nitrogens with one attached hydrogen (secondary N) is 1. The smallest absolute Gasteiger partial charge is 0.247 e. The molecule has 0 radical (unpaired) electrons. The third-order valence-corrected chi connectivity index (χ3v) is 6.62. The van der Waals surface area contributed by atoms with Crippen molar-refractivity contribution in [3.05, 3.63) is 90.0 Å². The average Bonchev–Trinajstić information content (AvgIpc) is 2.72. The second-order valence-electron chi connectivity index (χ2n) is 6.55. The van der Waals surface area contributed by atoms with Crippen LogP contribution in [0.3, 0.4) is 0 Å². The Bertz CT molecular complexity index is 1070. The zero-order valence-electron chi connectivity index (χ0n) is 15.6. The molecule has 3 aromatic rings. The van der Waals surface area contributed by atoms with E-state index in [-0.39, 0.29) is 11.4 Å². The van der Waals surface area contributed by atoms with Crippen LogP contribution in [0.4, 0.5) is 5.69 Å². The van der Waals surface area contributed by atoms with Crippen LogP contribution in [0.15, 0.2) is 83.8 Å². The van der Waals surface area contributed by atoms with Crippen molar-refractivity contribution < 1.29 is 13.2 Å². The van der Waals surface area contributed by atoms with E-state index >= 15 is 0 Å². The van der Waals surface area contributed by atoms with Gasteiger partial charge in [0.25, 0.3) is 0 Å². The Morgan fingerprint density at radius 1 is 0.929 bits per heavy atom. The topological polar surface area (TPSA) is 58.6 Å². The van der Waals surface area contributed by atoms with Gasteiger partial charge in [0.15, 0.2) is 0 Å². The largest absolute Gasteiger partial charge is 0.493 e. The van der Waals surface area contributed by atoms with E-state index in [2.05, 4.69) is 5.32 Å². The Labute approximate surface area is 165 Å². The number of para-hydroxylation sites is 2. The number of sulfonamides is 1. The molecular formula is C22H22N2O3S. The lowest BCUT2D eigenvalue weighted by molar-refractivity contribution is 0.305. The van der Waals surface area contributed by atoms with Crippen LogP contribution in [0.1, 0.15) is 24.2 Å². The standard InChI is InChI=1S/C22H22N2O3S/c1-2-27-20-14-8-6-12-18(20)22-23-19-13-7-9-15-21(19)28(25,26)24(22)16-17-10-4-3-5-11-17/h3-15,22-23H,2,16H2,1H3/t22-/m1/s1. The quantitative estimate of drug-likeness (QED) is 0.697. The number of hydrogen-bond donors (Lipinski definition) is 1. The number of nitrogens with zero attached hydrogens (tertiary/aromatic N) is 1. The summed E-state index contributed by atoms with van der Waals surface area (Å²) in [6.07, 6.45) is -0.567. The van der Waals surface area contributed by atoms with Gasteiger partial charge in [0.1, 0.15) is 16.8 Å². The molecule has 0 aliphatic carbocycles. The number of ether oxygens (including phenoxy) is 1. The molecule has 1 N–H and O–H groups in total. The van der Waals surface area contributed by atoms with Crippen LogP contribution < -0.4 is 10.1 Å². The molecular weight excluding hydrogens is 372 g/mol. The highest BCUT2D eigenvalue weighted by atomic mass is 32.2. The molecule has 0 saturated carbocycles. The molecule has 28 heavy (non-hydrogen) atoms. The van der Waals surface area contributed by atoms with Gasteiger partial charge in [-0.25, -0.2) is 8.42 Å². The molecule has 5 nitrogen and oxygen atoms in total. The van der Waals surface area contributed by atoms with Crippen LogP contribution in [0, 0.1) is 0 Å². The molecule has 4 rings (SSSR count). The summed E-state index contributed by atoms with van der Waals surface area (Å²) in [6, 6.07) is 24.2. The molecule has 0 fully saturated rings. The molecule has 1 atom stereocenters. The Morgan fingerprint density at radius 3 is 2.39 bits per heavy atom. The van der Waals surface area contributed by atoms with Gasteiger partial charge in [-0.05, 0) is 30.7 Å². The summed E-state index contributed by atoms with van der Waals surface area (Å²) < 4.78 is 34.3. The summed E-state index contributed by atoms with van der Waals surface area (Å²) in [5, 5.41) is 3.40. The number of anilines is 1. The van der Waals surface area contributed by atoms with Crippen molar-refractivity contribution in [1.82, 2.24) is 4.31 Å². The van der Waals surface area contributed by atoms with Crippen LogP contribution in [0.2, 0.25) is 0 Å². The predicted molar refractivity (Wildman–Crippen MR) is 110 cm³/mol. The fourth-order valence-corrected chi connectivity index (χ4v) is 5.13. The number of fused-ring (bicyclic) bond motifs is 1. The highest BCUT2D eigenvalue weighted by molar-refractivity contribution is 7.89. The molecule has 3 aromatic carbocycles. The lowest BCUT2D eigenvalue weighted by Gasteiger charge is -2.38. The SMILES string of the molecule is CCOc1ccccc1[C@@H]1Nc2ccccc2S(=O)(=O)N1Cc1ccccc1. The normalized spacial score (nSPS) is 18.1. The summed E-state index contributed by atoms with van der Waals surface area (Å²) in [5.41, 5.74) is 2.31. The summed E-state index contributed by atoms with van der Waals surface area (Å²) in [7, 11) is -3.69. The first-order valence-corrected chi connectivity index (χ1v) is 10.7. The van der Waals surface area contributed by atoms with Gasteiger partial charge in [0.05, 0.1) is 12.3 Å². The van der Waals surface area contributed by atoms with Gasteiger partial charge in [-0.1, -0.05) is 60.7 Å². The third kappa shape index (κ3) is 3.37. The van der Waals surface area contributed by atoms with Gasteiger partial charge in [-0.15, -0.1) is 0 Å². The van der Waals surface area contributed by atoms with Gasteiger partial charge in [-0.2, -0.15) is 4.31 Å². The van der Waals surface area contributed by atoms with Crippen molar-refractivity contribution >= 4 is 15.7 Å². The van der Waals surface area contributed by atoms with Crippen molar-refractivity contribution in [2.45, 2.75) is 24.5 Å². The van der Waals surface area contributed by atoms with Crippen LogP contribution in [-0.2, 0) is 16.6 Å². The van der Waals surface area contributed by atoms with Crippen molar-refractivity contribution in [1.29, 1.82) is 0 Å². The fraction of sp³-hybridized carbons (Fsp3) is 0.182. The number of rotatable bonds is 5. The summed E-state index contributed by atoms with van der Waals surface area (Å²) in [4.78, 5) is 0.288. The number of benzene rings is 3. The van der Waals surface area contributed by atoms with E-state index in [1.54, 1.807) is 18.2 Å². The van der Waals surface area contributed by atoms with Crippen LogP contribution in [0.25, 0.3) is 0 Å². The third-order valence-electron chi connectivity index (χ3n) is 4.75. The average molecular weight is 394 g/mol. The molecule has 1 aliphatic heterocycles. The predicted octanol–water partition coefficient (Wildman–Crippen LogP) is 4.40. The summed E-state index contributed by atoms with van der Waals surface area (Å²) >= 11 is 0.